The van der Waals surface area contributed by atoms with Crippen LogP contribution in [0, 0.1) is 33.3 Å². The Balaban J connectivity index is 1.21. The average molecular weight is 486 g/mol. The number of non-ortho nitro benzene ring substituents is 1. The predicted octanol–water partition coefficient (Wildman–Crippen LogP) is 6.40. The van der Waals surface area contributed by atoms with E-state index in [0.717, 1.165) is 43.6 Å². The van der Waals surface area contributed by atoms with E-state index in [1.807, 2.05) is 24.3 Å². The van der Waals surface area contributed by atoms with E-state index in [0.29, 0.717) is 35.2 Å². The van der Waals surface area contributed by atoms with Gasteiger partial charge in [0.2, 0.25) is 0 Å². The van der Waals surface area contributed by atoms with Gasteiger partial charge >= 0.3 is 0 Å². The van der Waals surface area contributed by atoms with Crippen LogP contribution in [0.2, 0.25) is 0 Å². The summed E-state index contributed by atoms with van der Waals surface area (Å²) < 4.78 is 6.02. The molecular weight excluding hydrogens is 454 g/mol. The molecule has 1 N–H and O–H groups in total. The minimum atomic E-state index is -0.347. The Morgan fingerprint density at radius 3 is 2.61 bits per heavy atom. The first kappa shape index (κ1) is 23.9. The summed E-state index contributed by atoms with van der Waals surface area (Å²) in [5, 5.41) is 23.6. The van der Waals surface area contributed by atoms with Crippen molar-refractivity contribution in [1.82, 2.24) is 4.98 Å². The number of aromatic nitrogens is 1. The summed E-state index contributed by atoms with van der Waals surface area (Å²) in [5.41, 5.74) is 2.73. The van der Waals surface area contributed by atoms with Gasteiger partial charge in [0.1, 0.15) is 0 Å². The number of nitrogens with one attached hydrogen (secondary N) is 1. The van der Waals surface area contributed by atoms with E-state index in [4.69, 9.17) is 9.68 Å². The molecule has 2 fully saturated rings. The highest BCUT2D eigenvalue weighted by molar-refractivity contribution is 5.58. The molecule has 1 aliphatic carbocycles. The zero-order valence-corrected chi connectivity index (χ0v) is 20.3. The lowest BCUT2D eigenvalue weighted by atomic mass is 9.77. The van der Waals surface area contributed by atoms with Crippen LogP contribution in [0.3, 0.4) is 0 Å². The summed E-state index contributed by atoms with van der Waals surface area (Å²) in [4.78, 5) is 17.5. The Morgan fingerprint density at radius 2 is 1.86 bits per heavy atom. The minimum Gasteiger partial charge on any atom is -0.424 e. The van der Waals surface area contributed by atoms with Gasteiger partial charge in [-0.05, 0) is 80.3 Å². The maximum atomic E-state index is 11.0. The van der Waals surface area contributed by atoms with Gasteiger partial charge < -0.3 is 14.6 Å². The van der Waals surface area contributed by atoms with Gasteiger partial charge in [0.15, 0.2) is 5.76 Å². The minimum absolute atomic E-state index is 0.136. The summed E-state index contributed by atoms with van der Waals surface area (Å²) in [6.45, 7) is 1.98. The molecule has 2 heterocycles. The highest BCUT2D eigenvalue weighted by atomic mass is 16.6. The second-order valence-electron chi connectivity index (χ2n) is 9.98. The molecule has 1 saturated carbocycles. The number of hydrogen-bond acceptors (Lipinski definition) is 7. The highest BCUT2D eigenvalue weighted by Crippen LogP contribution is 2.36. The molecule has 1 saturated heterocycles. The molecule has 1 aromatic heterocycles. The third-order valence-corrected chi connectivity index (χ3v) is 7.60. The van der Waals surface area contributed by atoms with Crippen LogP contribution in [0.5, 0.6) is 0 Å². The van der Waals surface area contributed by atoms with E-state index in [1.54, 1.807) is 30.5 Å². The molecule has 3 atom stereocenters. The van der Waals surface area contributed by atoms with Crippen LogP contribution >= 0.6 is 0 Å². The standard InChI is InChI=1S/C28H31N5O3/c29-17-20-7-9-22(10-8-20)27-18-30-28(36-27)31-26-6-2-1-5-23(26)16-21-4-3-15-32(19-21)24-11-13-25(14-12-24)33(34)35/h7-14,18,21,23,26H,1-6,15-16,19H2,(H,30,31)/t21-,23+,26-/m1/s1. The maximum absolute atomic E-state index is 11.0. The molecule has 186 valence electrons. The summed E-state index contributed by atoms with van der Waals surface area (Å²) in [6, 6.07) is 17.3. The van der Waals surface area contributed by atoms with Crippen molar-refractivity contribution in [3.05, 3.63) is 70.4 Å². The number of oxazole rings is 1. The van der Waals surface area contributed by atoms with E-state index in [-0.39, 0.29) is 10.6 Å². The number of benzene rings is 2. The largest absolute Gasteiger partial charge is 0.424 e. The van der Waals surface area contributed by atoms with Crippen LogP contribution in [0.4, 0.5) is 17.4 Å². The SMILES string of the molecule is N#Cc1ccc(-c2cnc(N[C@@H]3CCCC[C@H]3C[C@H]3CCCN(c4ccc([N+](=O)[O-])cc4)C3)o2)cc1. The van der Waals surface area contributed by atoms with E-state index >= 15 is 0 Å². The Morgan fingerprint density at radius 1 is 1.08 bits per heavy atom. The van der Waals surface area contributed by atoms with E-state index < -0.39 is 0 Å². The van der Waals surface area contributed by atoms with Gasteiger partial charge in [-0.25, -0.2) is 4.98 Å². The Bertz CT molecular complexity index is 1220. The number of anilines is 2. The van der Waals surface area contributed by atoms with Crippen LogP contribution < -0.4 is 10.2 Å². The quantitative estimate of drug-likeness (QED) is 0.305. The summed E-state index contributed by atoms with van der Waals surface area (Å²) >= 11 is 0. The first-order valence-corrected chi connectivity index (χ1v) is 12.8. The average Bonchev–Trinajstić information content (AvgIpc) is 3.38. The smallest absolute Gasteiger partial charge is 0.295 e. The number of nitro benzene ring substituents is 1. The first-order chi connectivity index (χ1) is 17.6. The zero-order chi connectivity index (χ0) is 24.9. The van der Waals surface area contributed by atoms with E-state index in [2.05, 4.69) is 21.3 Å². The van der Waals surface area contributed by atoms with Crippen LogP contribution in [0.25, 0.3) is 11.3 Å². The Hall–Kier alpha value is -3.86. The fourth-order valence-corrected chi connectivity index (χ4v) is 5.73. The normalized spacial score (nSPS) is 22.1. The topological polar surface area (TPSA) is 108 Å². The molecule has 5 rings (SSSR count). The Labute approximate surface area is 211 Å². The lowest BCUT2D eigenvalue weighted by Crippen LogP contribution is -2.39. The fourth-order valence-electron chi connectivity index (χ4n) is 5.73. The second kappa shape index (κ2) is 10.8. The number of piperidine rings is 1. The van der Waals surface area contributed by atoms with Gasteiger partial charge in [-0.1, -0.05) is 12.8 Å². The summed E-state index contributed by atoms with van der Waals surface area (Å²) in [5.74, 6) is 1.85. The first-order valence-electron chi connectivity index (χ1n) is 12.8. The van der Waals surface area contributed by atoms with Gasteiger partial charge in [-0.15, -0.1) is 0 Å². The summed E-state index contributed by atoms with van der Waals surface area (Å²) in [6.07, 6.45) is 10.0. The van der Waals surface area contributed by atoms with Crippen molar-refractivity contribution in [1.29, 1.82) is 5.26 Å². The molecule has 8 heteroatoms. The Kier molecular flexibility index (Phi) is 7.17. The molecule has 0 amide bonds. The van der Waals surface area contributed by atoms with Gasteiger partial charge in [-0.3, -0.25) is 10.1 Å². The van der Waals surface area contributed by atoms with Crippen molar-refractivity contribution in [2.75, 3.05) is 23.3 Å². The van der Waals surface area contributed by atoms with Crippen LogP contribution in [0.15, 0.2) is 59.1 Å². The molecule has 3 aromatic rings. The molecule has 1 aliphatic heterocycles. The lowest BCUT2D eigenvalue weighted by Gasteiger charge is -2.39. The molecule has 2 aromatic carbocycles. The maximum Gasteiger partial charge on any atom is 0.295 e. The van der Waals surface area contributed by atoms with Gasteiger partial charge in [0.25, 0.3) is 11.7 Å². The number of hydrogen-bond donors (Lipinski definition) is 1. The van der Waals surface area contributed by atoms with Gasteiger partial charge in [0.05, 0.1) is 22.8 Å². The highest BCUT2D eigenvalue weighted by Gasteiger charge is 2.30. The number of nitriles is 1. The molecule has 2 aliphatic rings. The van der Waals surface area contributed by atoms with Crippen molar-refractivity contribution < 1.29 is 9.34 Å². The number of nitro groups is 1. The zero-order valence-electron chi connectivity index (χ0n) is 20.3. The van der Waals surface area contributed by atoms with Crippen LogP contribution in [-0.2, 0) is 0 Å². The van der Waals surface area contributed by atoms with Crippen molar-refractivity contribution in [2.45, 2.75) is 51.0 Å². The molecule has 0 spiro atoms. The second-order valence-corrected chi connectivity index (χ2v) is 9.98. The monoisotopic (exact) mass is 485 g/mol. The third-order valence-electron chi connectivity index (χ3n) is 7.60. The van der Waals surface area contributed by atoms with E-state index in [9.17, 15) is 10.1 Å². The molecule has 36 heavy (non-hydrogen) atoms. The number of nitrogens with zero attached hydrogens (tertiary/aromatic N) is 4. The van der Waals surface area contributed by atoms with Gasteiger partial charge in [-0.2, -0.15) is 5.26 Å². The van der Waals surface area contributed by atoms with Crippen molar-refractivity contribution >= 4 is 17.4 Å². The predicted molar refractivity (Wildman–Crippen MR) is 139 cm³/mol. The van der Waals surface area contributed by atoms with Crippen LogP contribution in [0.1, 0.15) is 50.5 Å². The van der Waals surface area contributed by atoms with Crippen molar-refractivity contribution in [3.63, 3.8) is 0 Å². The number of rotatable bonds is 7. The molecule has 0 radical (unpaired) electrons. The van der Waals surface area contributed by atoms with E-state index in [1.165, 1.54) is 25.7 Å². The van der Waals surface area contributed by atoms with Crippen molar-refractivity contribution in [2.24, 2.45) is 11.8 Å². The molecule has 0 bridgehead atoms. The van der Waals surface area contributed by atoms with Crippen molar-refractivity contribution in [3.8, 4) is 17.4 Å². The molecular formula is C28H31N5O3. The summed E-state index contributed by atoms with van der Waals surface area (Å²) in [7, 11) is 0. The van der Waals surface area contributed by atoms with Gasteiger partial charge in [0, 0.05) is 42.5 Å². The van der Waals surface area contributed by atoms with Crippen LogP contribution in [-0.4, -0.2) is 29.0 Å². The molecule has 8 nitrogen and oxygen atoms in total. The molecule has 0 unspecified atom stereocenters. The fraction of sp³-hybridized carbons (Fsp3) is 0.429. The third kappa shape index (κ3) is 5.51. The lowest BCUT2D eigenvalue weighted by molar-refractivity contribution is -0.384.